The second-order valence-corrected chi connectivity index (χ2v) is 26.2. The molecule has 0 aliphatic rings. The molecule has 0 saturated carbocycles. The van der Waals surface area contributed by atoms with Gasteiger partial charge in [-0.3, -0.25) is 57.5 Å². The zero-order valence-corrected chi connectivity index (χ0v) is 60.7. The van der Waals surface area contributed by atoms with Crippen molar-refractivity contribution >= 4 is 82.0 Å². The number of carbonyl (C=O) groups excluding carboxylic acids is 13. The van der Waals surface area contributed by atoms with Crippen LogP contribution in [0.1, 0.15) is 209 Å². The molecule has 28 heteroatoms. The number of hydrogen-bond acceptors (Lipinski definition) is 20. The van der Waals surface area contributed by atoms with E-state index >= 15 is 0 Å². The van der Waals surface area contributed by atoms with E-state index in [-0.39, 0.29) is 108 Å². The molecule has 0 radical (unpaired) electrons. The molecule has 0 fully saturated rings. The smallest absolute Gasteiger partial charge is 0.326 e. The van der Waals surface area contributed by atoms with Crippen LogP contribution in [0, 0.1) is 84.9 Å². The summed E-state index contributed by atoms with van der Waals surface area (Å²) in [6.07, 6.45) is 27.4. The second kappa shape index (κ2) is 55.5. The predicted molar refractivity (Wildman–Crippen MR) is 386 cm³/mol. The fourth-order valence-electron chi connectivity index (χ4n) is 10.5. The van der Waals surface area contributed by atoms with E-state index in [9.17, 15) is 72.2 Å². The van der Waals surface area contributed by atoms with Gasteiger partial charge < -0.3 is 81.5 Å². The lowest BCUT2D eigenvalue weighted by atomic mass is 9.90. The molecule has 0 saturated heterocycles. The van der Waals surface area contributed by atoms with E-state index in [1.165, 1.54) is 34.6 Å². The quantitative estimate of drug-likeness (QED) is 0.0299. The van der Waals surface area contributed by atoms with Gasteiger partial charge in [0.05, 0.1) is 48.1 Å². The molecule has 0 aliphatic heterocycles. The van der Waals surface area contributed by atoms with Crippen LogP contribution in [0.2, 0.25) is 0 Å². The average molecular weight is 1420 g/mol. The van der Waals surface area contributed by atoms with Gasteiger partial charge in [-0.25, -0.2) is 4.79 Å². The van der Waals surface area contributed by atoms with Crippen molar-refractivity contribution in [3.8, 4) is 49.4 Å². The largest absolute Gasteiger partial charge is 0.480 e. The van der Waals surface area contributed by atoms with Crippen LogP contribution < -0.4 is 71.6 Å². The summed E-state index contributed by atoms with van der Waals surface area (Å²) in [5.74, 6) is -3.07. The Morgan fingerprint density at radius 2 is 0.634 bits per heavy atom. The number of terminal acetylenes is 4. The predicted octanol–water partition coefficient (Wildman–Crippen LogP) is 1.11. The van der Waals surface area contributed by atoms with E-state index in [2.05, 4.69) is 60.9 Å². The molecule has 566 valence electrons. The summed E-state index contributed by atoms with van der Waals surface area (Å²) in [5.41, 5.74) is 33.6. The molecule has 0 spiro atoms. The van der Waals surface area contributed by atoms with Gasteiger partial charge in [-0.2, -0.15) is 0 Å². The van der Waals surface area contributed by atoms with Gasteiger partial charge in [0.25, 0.3) is 0 Å². The summed E-state index contributed by atoms with van der Waals surface area (Å²) in [6, 6.07) is -7.36. The van der Waals surface area contributed by atoms with Gasteiger partial charge in [-0.1, -0.05) is 26.7 Å². The van der Waals surface area contributed by atoms with Crippen molar-refractivity contribution < 1.29 is 72.2 Å². The molecule has 0 heterocycles. The van der Waals surface area contributed by atoms with Crippen LogP contribution in [-0.2, 0) is 67.1 Å². The number of unbranched alkanes of at least 4 members (excludes halogenated alkanes) is 5. The Balaban J connectivity index is 0. The van der Waals surface area contributed by atoms with E-state index in [1.54, 1.807) is 13.8 Å². The third-order valence-corrected chi connectivity index (χ3v) is 16.6. The summed E-state index contributed by atoms with van der Waals surface area (Å²) >= 11 is 0. The van der Waals surface area contributed by atoms with Crippen LogP contribution in [-0.4, -0.2) is 168 Å². The summed E-state index contributed by atoms with van der Waals surface area (Å²) in [7, 11) is 0. The lowest BCUT2D eigenvalue weighted by Gasteiger charge is -2.25. The van der Waals surface area contributed by atoms with E-state index in [1.807, 2.05) is 0 Å². The number of hydrogen-bond donors (Lipinski definition) is 14. The molecule has 0 aromatic heterocycles. The molecule has 101 heavy (non-hydrogen) atoms. The summed E-state index contributed by atoms with van der Waals surface area (Å²) in [4.78, 5) is 181. The Bertz CT molecular complexity index is 2840. The van der Waals surface area contributed by atoms with E-state index < -0.39 is 148 Å². The molecule has 7 amide bonds. The summed E-state index contributed by atoms with van der Waals surface area (Å²) < 4.78 is 0. The minimum Gasteiger partial charge on any atom is -0.480 e. The Kier molecular flexibility index (Phi) is 52.1. The Morgan fingerprint density at radius 1 is 0.337 bits per heavy atom. The monoisotopic (exact) mass is 1420 g/mol. The normalized spacial score (nSPS) is 14.7. The number of nitrogens with one attached hydrogen (secondary N) is 7. The van der Waals surface area contributed by atoms with Crippen molar-refractivity contribution in [1.29, 1.82) is 0 Å². The van der Waals surface area contributed by atoms with E-state index in [0.717, 1.165) is 0 Å². The van der Waals surface area contributed by atoms with Crippen molar-refractivity contribution in [2.45, 2.75) is 257 Å². The number of amides is 7. The molecule has 0 rings (SSSR count). The first-order valence-electron chi connectivity index (χ1n) is 35.3. The van der Waals surface area contributed by atoms with Crippen molar-refractivity contribution in [3.05, 3.63) is 0 Å². The first kappa shape index (κ1) is 94.8. The Labute approximate surface area is 598 Å². The van der Waals surface area contributed by atoms with Crippen LogP contribution >= 0.6 is 0 Å². The standard InChI is InChI=1S/C49H79N9O9.C24H40N4O6/c1-9-18-35(47(65)54-31(4)5)29-43(61)39(22-13-16-25-51)56-45(63)32(6)27-42(60)38(20-11-3)58-49(67)37(21-12-15-24-50)28-41(59)34(8)55-48(66)36(19-10-2)30-44(62)40(23-14-17-26-52)57-46(64)33(7)53;1-4-9-19(27-23(32)18(15-17(3)29)10-5-7-12-25)21(30)14-16(2)22(31)28-20(24(33)34)11-6-8-13-26/h1-3,31-40H,12-30,50-53H2,4-8H3,(H,54,65)(H,55,66)(H,56,63)(H,57,64)(H,58,67);1,16,18-20H,5-15,25-26H2,2-3H3,(H,27,32)(H,28,31)(H,33,34)/t32-,33+,34+,35-,36-,37-,38+,39+,40+;16-,18-,19+,20+/m11/s1. The zero-order valence-electron chi connectivity index (χ0n) is 60.7. The van der Waals surface area contributed by atoms with Gasteiger partial charge in [0.15, 0.2) is 28.9 Å². The van der Waals surface area contributed by atoms with Gasteiger partial charge in [-0.05, 0) is 151 Å². The third-order valence-electron chi connectivity index (χ3n) is 16.6. The lowest BCUT2D eigenvalue weighted by Crippen LogP contribution is -2.49. The molecule has 0 aliphatic carbocycles. The third kappa shape index (κ3) is 42.0. The molecule has 13 atom stereocenters. The minimum absolute atomic E-state index is 0.0201. The highest BCUT2D eigenvalue weighted by molar-refractivity contribution is 5.99. The van der Waals surface area contributed by atoms with Gasteiger partial charge in [0.1, 0.15) is 11.8 Å². The highest BCUT2D eigenvalue weighted by atomic mass is 16.4. The summed E-state index contributed by atoms with van der Waals surface area (Å²) in [6.45, 7) is 12.9. The molecule has 0 aromatic carbocycles. The number of carbonyl (C=O) groups is 14. The fourth-order valence-corrected chi connectivity index (χ4v) is 10.5. The molecule has 20 N–H and O–H groups in total. The molecule has 0 unspecified atom stereocenters. The molecule has 28 nitrogen and oxygen atoms in total. The van der Waals surface area contributed by atoms with Crippen LogP contribution in [0.4, 0.5) is 0 Å². The molecular weight excluding hydrogens is 1300 g/mol. The SMILES string of the molecule is C#CC[C@H](CC(=O)[C@H](CCCCN)NC(=O)[C@H](C)CC(=O)[C@H](CC#C)NC(=O)[C@H](CCCCN)CC(=O)[C@H](C)NC(=O)[C@H](CC#C)CC(=O)[C@H](CCCCN)NC(=O)[C@H](C)N)C(=O)NC(C)C.C#CC[C@H](NC(=O)[C@H](CCCCN)CC(C)=O)C(=O)C[C@@H](C)C(=O)N[C@@H](CCCCN)C(=O)O. The Morgan fingerprint density at radius 3 is 0.970 bits per heavy atom. The van der Waals surface area contributed by atoms with Crippen molar-refractivity contribution in [3.63, 3.8) is 0 Å². The van der Waals surface area contributed by atoms with Crippen molar-refractivity contribution in [2.75, 3.05) is 32.7 Å². The fraction of sp³-hybridized carbons (Fsp3) is 0.699. The van der Waals surface area contributed by atoms with Gasteiger partial charge in [0, 0.05) is 93.9 Å². The number of Topliss-reactive ketones (excluding diaryl/α,β-unsaturated/α-hetero) is 6. The number of carboxylic acid groups (broad SMARTS) is 1. The van der Waals surface area contributed by atoms with E-state index in [4.69, 9.17) is 60.1 Å². The van der Waals surface area contributed by atoms with Crippen molar-refractivity contribution in [1.82, 2.24) is 37.2 Å². The topological polar surface area (TPSA) is 500 Å². The second-order valence-electron chi connectivity index (χ2n) is 26.2. The molecule has 0 bridgehead atoms. The zero-order chi connectivity index (χ0) is 77.2. The molecule has 0 aromatic rings. The maximum atomic E-state index is 13.8. The summed E-state index contributed by atoms with van der Waals surface area (Å²) in [5, 5.41) is 27.8. The molecular formula is C73H119N13O15. The highest BCUT2D eigenvalue weighted by Crippen LogP contribution is 2.21. The minimum atomic E-state index is -1.22. The van der Waals surface area contributed by atoms with Gasteiger partial charge in [-0.15, -0.1) is 49.4 Å². The number of carboxylic acids is 1. The van der Waals surface area contributed by atoms with Crippen molar-refractivity contribution in [2.24, 2.45) is 69.9 Å². The first-order chi connectivity index (χ1) is 47.8. The number of rotatable bonds is 56. The van der Waals surface area contributed by atoms with Crippen LogP contribution in [0.3, 0.4) is 0 Å². The van der Waals surface area contributed by atoms with Gasteiger partial charge in [0.2, 0.25) is 41.4 Å². The highest BCUT2D eigenvalue weighted by Gasteiger charge is 2.35. The van der Waals surface area contributed by atoms with E-state index in [0.29, 0.717) is 103 Å². The van der Waals surface area contributed by atoms with Crippen LogP contribution in [0.5, 0.6) is 0 Å². The average Bonchev–Trinajstić information content (AvgIpc) is 0.902. The maximum absolute atomic E-state index is 13.8. The Hall–Kier alpha value is -8.22. The number of aliphatic carboxylic acids is 1. The number of nitrogens with two attached hydrogens (primary N) is 6. The van der Waals surface area contributed by atoms with Crippen LogP contribution in [0.25, 0.3) is 0 Å². The maximum Gasteiger partial charge on any atom is 0.326 e. The lowest BCUT2D eigenvalue weighted by molar-refractivity contribution is -0.143. The van der Waals surface area contributed by atoms with Gasteiger partial charge >= 0.3 is 5.97 Å². The van der Waals surface area contributed by atoms with Crippen LogP contribution in [0.15, 0.2) is 0 Å². The first-order valence-corrected chi connectivity index (χ1v) is 35.3. The number of ketones is 6.